The minimum Gasteiger partial charge on any atom is -0.350 e. The van der Waals surface area contributed by atoms with Gasteiger partial charge in [0.1, 0.15) is 0 Å². The summed E-state index contributed by atoms with van der Waals surface area (Å²) in [4.78, 5) is 14.8. The van der Waals surface area contributed by atoms with Gasteiger partial charge in [0, 0.05) is 20.6 Å². The zero-order valence-corrected chi connectivity index (χ0v) is 19.0. The summed E-state index contributed by atoms with van der Waals surface area (Å²) < 4.78 is 25.8. The molecule has 8 heteroatoms. The number of aryl methyl sites for hydroxylation is 1. The van der Waals surface area contributed by atoms with Crippen molar-refractivity contribution < 1.29 is 13.2 Å². The highest BCUT2D eigenvalue weighted by Crippen LogP contribution is 2.23. The van der Waals surface area contributed by atoms with E-state index >= 15 is 0 Å². The van der Waals surface area contributed by atoms with E-state index in [-0.39, 0.29) is 21.5 Å². The van der Waals surface area contributed by atoms with Crippen LogP contribution in [-0.2, 0) is 16.4 Å². The Morgan fingerprint density at radius 2 is 1.69 bits per heavy atom. The Balaban J connectivity index is 2.22. The quantitative estimate of drug-likeness (QED) is 0.688. The van der Waals surface area contributed by atoms with E-state index in [0.29, 0.717) is 6.54 Å². The van der Waals surface area contributed by atoms with Crippen molar-refractivity contribution in [2.45, 2.75) is 24.3 Å². The van der Waals surface area contributed by atoms with E-state index in [1.807, 2.05) is 19.0 Å². The Kier molecular flexibility index (Phi) is 7.82. The van der Waals surface area contributed by atoms with Crippen LogP contribution in [0.1, 0.15) is 34.5 Å². The lowest BCUT2D eigenvalue weighted by atomic mass is 10.0. The van der Waals surface area contributed by atoms with Crippen molar-refractivity contribution >= 4 is 27.5 Å². The number of hydrogen-bond acceptors (Lipinski definition) is 4. The summed E-state index contributed by atoms with van der Waals surface area (Å²) in [6.07, 6.45) is 0.967. The number of rotatable bonds is 8. The Hall–Kier alpha value is -1.93. The number of sulfonamides is 1. The van der Waals surface area contributed by atoms with E-state index in [1.165, 1.54) is 37.9 Å². The maximum absolute atomic E-state index is 12.8. The molecule has 2 aromatic rings. The van der Waals surface area contributed by atoms with Crippen LogP contribution in [0.5, 0.6) is 0 Å². The zero-order chi connectivity index (χ0) is 21.8. The molecule has 29 heavy (non-hydrogen) atoms. The van der Waals surface area contributed by atoms with Crippen LogP contribution in [0.4, 0.5) is 0 Å². The molecule has 158 valence electrons. The van der Waals surface area contributed by atoms with Crippen molar-refractivity contribution in [2.24, 2.45) is 0 Å². The average molecular weight is 438 g/mol. The van der Waals surface area contributed by atoms with Crippen LogP contribution in [0.2, 0.25) is 5.02 Å². The number of carbonyl (C=O) groups is 1. The predicted octanol–water partition coefficient (Wildman–Crippen LogP) is 3.19. The molecule has 2 rings (SSSR count). The fourth-order valence-electron chi connectivity index (χ4n) is 2.91. The summed E-state index contributed by atoms with van der Waals surface area (Å²) in [6.45, 7) is 2.46. The second kappa shape index (κ2) is 9.71. The molecule has 0 aliphatic heterocycles. The third-order valence-electron chi connectivity index (χ3n) is 4.81. The van der Waals surface area contributed by atoms with Crippen molar-refractivity contribution in [1.82, 2.24) is 14.5 Å². The van der Waals surface area contributed by atoms with E-state index in [2.05, 4.69) is 36.5 Å². The summed E-state index contributed by atoms with van der Waals surface area (Å²) in [7, 11) is 3.11. The number of carbonyl (C=O) groups excluding carboxylic acids is 1. The zero-order valence-electron chi connectivity index (χ0n) is 17.4. The topological polar surface area (TPSA) is 69.7 Å². The Morgan fingerprint density at radius 3 is 2.21 bits per heavy atom. The van der Waals surface area contributed by atoms with Gasteiger partial charge in [-0.25, -0.2) is 12.7 Å². The number of likely N-dealkylation sites (N-methyl/N-ethyl adjacent to an activating group) is 1. The Labute approximate surface area is 178 Å². The smallest absolute Gasteiger partial charge is 0.252 e. The van der Waals surface area contributed by atoms with Gasteiger partial charge < -0.3 is 10.2 Å². The van der Waals surface area contributed by atoms with E-state index < -0.39 is 15.9 Å². The van der Waals surface area contributed by atoms with Crippen LogP contribution >= 0.6 is 11.6 Å². The number of benzene rings is 2. The Morgan fingerprint density at radius 1 is 1.07 bits per heavy atom. The molecule has 1 atom stereocenters. The van der Waals surface area contributed by atoms with E-state index in [4.69, 9.17) is 11.6 Å². The highest BCUT2D eigenvalue weighted by Gasteiger charge is 2.22. The van der Waals surface area contributed by atoms with Gasteiger partial charge >= 0.3 is 0 Å². The van der Waals surface area contributed by atoms with Gasteiger partial charge in [-0.3, -0.25) is 4.79 Å². The van der Waals surface area contributed by atoms with Crippen molar-refractivity contribution in [3.05, 3.63) is 64.2 Å². The van der Waals surface area contributed by atoms with Crippen LogP contribution < -0.4 is 5.32 Å². The van der Waals surface area contributed by atoms with Gasteiger partial charge in [0.25, 0.3) is 5.91 Å². The normalized spacial score (nSPS) is 13.0. The van der Waals surface area contributed by atoms with E-state index in [0.717, 1.165) is 16.3 Å². The molecule has 0 bridgehead atoms. The summed E-state index contributed by atoms with van der Waals surface area (Å²) in [5.41, 5.74) is 2.47. The number of halogens is 1. The first-order valence-corrected chi connectivity index (χ1v) is 11.1. The first-order valence-electron chi connectivity index (χ1n) is 9.33. The van der Waals surface area contributed by atoms with Gasteiger partial charge in [-0.05, 0) is 49.8 Å². The highest BCUT2D eigenvalue weighted by molar-refractivity contribution is 7.89. The third-order valence-corrected chi connectivity index (χ3v) is 6.95. The minimum absolute atomic E-state index is 0.0244. The summed E-state index contributed by atoms with van der Waals surface area (Å²) in [5.74, 6) is -0.414. The lowest BCUT2D eigenvalue weighted by Crippen LogP contribution is -2.34. The standard InChI is InChI=1S/C21H28ClN3O3S/c1-6-15-7-9-16(10-8-15)20(24(2)3)14-23-21(26)18-13-17(11-12-19(18)22)29(27,28)25(4)5/h7-13,20H,6,14H2,1-5H3,(H,23,26). The number of nitrogens with zero attached hydrogens (tertiary/aromatic N) is 2. The van der Waals surface area contributed by atoms with Crippen LogP contribution in [0.25, 0.3) is 0 Å². The van der Waals surface area contributed by atoms with Crippen LogP contribution in [0, 0.1) is 0 Å². The molecule has 0 aromatic heterocycles. The average Bonchev–Trinajstić information content (AvgIpc) is 2.68. The lowest BCUT2D eigenvalue weighted by molar-refractivity contribution is 0.0942. The maximum Gasteiger partial charge on any atom is 0.252 e. The van der Waals surface area contributed by atoms with Gasteiger partial charge in [0.2, 0.25) is 10.0 Å². The second-order valence-electron chi connectivity index (χ2n) is 7.21. The molecule has 0 heterocycles. The largest absolute Gasteiger partial charge is 0.350 e. The molecule has 0 saturated heterocycles. The molecular formula is C21H28ClN3O3S. The van der Waals surface area contributed by atoms with Gasteiger partial charge in [-0.1, -0.05) is 42.8 Å². The molecule has 0 fully saturated rings. The van der Waals surface area contributed by atoms with Crippen molar-refractivity contribution in [2.75, 3.05) is 34.7 Å². The number of nitrogens with one attached hydrogen (secondary N) is 1. The van der Waals surface area contributed by atoms with Crippen LogP contribution in [-0.4, -0.2) is 58.3 Å². The van der Waals surface area contributed by atoms with Gasteiger partial charge in [-0.2, -0.15) is 0 Å². The van der Waals surface area contributed by atoms with Gasteiger partial charge in [0.05, 0.1) is 21.5 Å². The Bertz CT molecular complexity index is 958. The SMILES string of the molecule is CCc1ccc(C(CNC(=O)c2cc(S(=O)(=O)N(C)C)ccc2Cl)N(C)C)cc1. The van der Waals surface area contributed by atoms with Gasteiger partial charge in [-0.15, -0.1) is 0 Å². The van der Waals surface area contributed by atoms with Crippen molar-refractivity contribution in [3.63, 3.8) is 0 Å². The molecule has 1 unspecified atom stereocenters. The van der Waals surface area contributed by atoms with Gasteiger partial charge in [0.15, 0.2) is 0 Å². The van der Waals surface area contributed by atoms with E-state index in [1.54, 1.807) is 0 Å². The number of amides is 1. The second-order valence-corrected chi connectivity index (χ2v) is 9.77. The van der Waals surface area contributed by atoms with Crippen molar-refractivity contribution in [1.29, 1.82) is 0 Å². The van der Waals surface area contributed by atoms with Crippen LogP contribution in [0.3, 0.4) is 0 Å². The summed E-state index contributed by atoms with van der Waals surface area (Å²) >= 11 is 6.17. The molecule has 0 aliphatic carbocycles. The predicted molar refractivity (Wildman–Crippen MR) is 117 cm³/mol. The van der Waals surface area contributed by atoms with Crippen LogP contribution in [0.15, 0.2) is 47.4 Å². The molecular weight excluding hydrogens is 410 g/mol. The molecule has 1 N–H and O–H groups in total. The molecule has 0 spiro atoms. The fraction of sp³-hybridized carbons (Fsp3) is 0.381. The highest BCUT2D eigenvalue weighted by atomic mass is 35.5. The lowest BCUT2D eigenvalue weighted by Gasteiger charge is -2.25. The molecule has 1 amide bonds. The summed E-state index contributed by atoms with van der Waals surface area (Å²) in [6, 6.07) is 12.4. The minimum atomic E-state index is -3.66. The molecule has 2 aromatic carbocycles. The molecule has 0 aliphatic rings. The molecule has 0 saturated carbocycles. The van der Waals surface area contributed by atoms with E-state index in [9.17, 15) is 13.2 Å². The third kappa shape index (κ3) is 5.57. The number of hydrogen-bond donors (Lipinski definition) is 1. The molecule has 0 radical (unpaired) electrons. The fourth-order valence-corrected chi connectivity index (χ4v) is 4.04. The van der Waals surface area contributed by atoms with Crippen molar-refractivity contribution in [3.8, 4) is 0 Å². The summed E-state index contributed by atoms with van der Waals surface area (Å²) in [5, 5.41) is 3.09. The maximum atomic E-state index is 12.8. The monoisotopic (exact) mass is 437 g/mol. The first kappa shape index (κ1) is 23.3. The molecule has 6 nitrogen and oxygen atoms in total. The first-order chi connectivity index (χ1) is 13.6.